The third-order valence-electron chi connectivity index (χ3n) is 4.66. The molecule has 0 atom stereocenters. The van der Waals surface area contributed by atoms with Crippen LogP contribution in [0, 0.1) is 13.8 Å². The van der Waals surface area contributed by atoms with Gasteiger partial charge < -0.3 is 0 Å². The zero-order valence-electron chi connectivity index (χ0n) is 16.2. The number of nitrogens with zero attached hydrogens (tertiary/aromatic N) is 2. The highest BCUT2D eigenvalue weighted by Gasteiger charge is 2.18. The van der Waals surface area contributed by atoms with Crippen molar-refractivity contribution >= 4 is 10.0 Å². The summed E-state index contributed by atoms with van der Waals surface area (Å²) in [4.78, 5) is 4.11. The van der Waals surface area contributed by atoms with Crippen LogP contribution in [0.15, 0.2) is 89.8 Å². The molecule has 1 N–H and O–H groups in total. The molecule has 0 spiro atoms. The van der Waals surface area contributed by atoms with Crippen molar-refractivity contribution in [3.63, 3.8) is 0 Å². The molecule has 0 fully saturated rings. The molecule has 0 aliphatic carbocycles. The fourth-order valence-electron chi connectivity index (χ4n) is 3.01. The normalized spacial score (nSPS) is 11.4. The van der Waals surface area contributed by atoms with E-state index < -0.39 is 10.0 Å². The molecule has 0 amide bonds. The maximum atomic E-state index is 12.9. The van der Waals surface area contributed by atoms with Crippen LogP contribution in [0.5, 0.6) is 0 Å². The Kier molecular flexibility index (Phi) is 4.94. The molecule has 3 aromatic carbocycles. The van der Waals surface area contributed by atoms with E-state index in [0.29, 0.717) is 11.4 Å². The minimum absolute atomic E-state index is 0.183. The smallest absolute Gasteiger partial charge is 0.200 e. The summed E-state index contributed by atoms with van der Waals surface area (Å²) in [5, 5.41) is 4.55. The molecule has 0 aliphatic heterocycles. The largest absolute Gasteiger partial charge is 0.276 e. The van der Waals surface area contributed by atoms with E-state index in [2.05, 4.69) is 9.93 Å². The Balaban J connectivity index is 1.80. The van der Waals surface area contributed by atoms with Crippen molar-refractivity contribution in [2.75, 3.05) is 4.83 Å². The van der Waals surface area contributed by atoms with Gasteiger partial charge in [0.25, 0.3) is 10.0 Å². The molecule has 6 heteroatoms. The van der Waals surface area contributed by atoms with Crippen molar-refractivity contribution in [1.29, 1.82) is 0 Å². The van der Waals surface area contributed by atoms with Crippen molar-refractivity contribution in [3.8, 4) is 22.5 Å². The van der Waals surface area contributed by atoms with E-state index >= 15 is 0 Å². The summed E-state index contributed by atoms with van der Waals surface area (Å²) in [5.74, 6) is 0. The molecule has 5 nitrogen and oxygen atoms in total. The fourth-order valence-corrected chi connectivity index (χ4v) is 4.00. The number of benzene rings is 3. The van der Waals surface area contributed by atoms with Crippen LogP contribution in [0.25, 0.3) is 22.5 Å². The van der Waals surface area contributed by atoms with E-state index in [0.717, 1.165) is 22.3 Å². The number of nitrogens with one attached hydrogen (secondary N) is 1. The lowest BCUT2D eigenvalue weighted by atomic mass is 10.1. The van der Waals surface area contributed by atoms with Gasteiger partial charge in [0.2, 0.25) is 0 Å². The third-order valence-corrected chi connectivity index (χ3v) is 5.97. The average Bonchev–Trinajstić information content (AvgIpc) is 3.13. The molecule has 4 aromatic rings. The first-order chi connectivity index (χ1) is 13.9. The zero-order valence-corrected chi connectivity index (χ0v) is 17.0. The maximum Gasteiger partial charge on any atom is 0.276 e. The molecule has 1 aromatic heterocycles. The Morgan fingerprint density at radius 3 is 1.90 bits per heavy atom. The molecule has 1 heterocycles. The van der Waals surface area contributed by atoms with E-state index in [1.807, 2.05) is 68.4 Å². The Labute approximate surface area is 170 Å². The molecule has 0 radical (unpaired) electrons. The van der Waals surface area contributed by atoms with Crippen LogP contribution in [-0.2, 0) is 10.0 Å². The van der Waals surface area contributed by atoms with Gasteiger partial charge in [-0.1, -0.05) is 77.9 Å². The number of aromatic nitrogens is 2. The highest BCUT2D eigenvalue weighted by atomic mass is 32.2. The van der Waals surface area contributed by atoms with Crippen molar-refractivity contribution in [2.45, 2.75) is 18.7 Å². The summed E-state index contributed by atoms with van der Waals surface area (Å²) in [6.45, 7) is 4.03. The van der Waals surface area contributed by atoms with Crippen LogP contribution in [-0.4, -0.2) is 18.3 Å². The van der Waals surface area contributed by atoms with E-state index in [1.54, 1.807) is 30.3 Å². The standard InChI is InChI=1S/C23H21N3O2S/c1-17-8-12-19(13-9-17)22-16-23(20-14-10-18(2)11-15-20)26(24-22)25-29(27,28)21-6-4-3-5-7-21/h3-16,25H,1-2H3. The molecule has 0 bridgehead atoms. The van der Waals surface area contributed by atoms with Crippen LogP contribution in [0.2, 0.25) is 0 Å². The second-order valence-electron chi connectivity index (χ2n) is 6.97. The fraction of sp³-hybridized carbons (Fsp3) is 0.0870. The third kappa shape index (κ3) is 4.07. The minimum atomic E-state index is -3.78. The molecular weight excluding hydrogens is 382 g/mol. The van der Waals surface area contributed by atoms with Gasteiger partial charge in [0, 0.05) is 11.1 Å². The number of aryl methyl sites for hydroxylation is 2. The second kappa shape index (κ2) is 7.56. The maximum absolute atomic E-state index is 12.9. The van der Waals surface area contributed by atoms with Crippen LogP contribution in [0.1, 0.15) is 11.1 Å². The van der Waals surface area contributed by atoms with Gasteiger partial charge >= 0.3 is 0 Å². The number of rotatable bonds is 5. The van der Waals surface area contributed by atoms with Crippen molar-refractivity contribution in [3.05, 3.63) is 96.1 Å². The number of sulfonamides is 1. The number of hydrogen-bond donors (Lipinski definition) is 1. The first-order valence-electron chi connectivity index (χ1n) is 9.24. The van der Waals surface area contributed by atoms with Gasteiger partial charge in [0.1, 0.15) is 0 Å². The lowest BCUT2D eigenvalue weighted by Crippen LogP contribution is -2.25. The van der Waals surface area contributed by atoms with E-state index in [-0.39, 0.29) is 4.90 Å². The Hall–Kier alpha value is -3.38. The van der Waals surface area contributed by atoms with Gasteiger partial charge in [0.15, 0.2) is 0 Å². The topological polar surface area (TPSA) is 64.0 Å². The minimum Gasteiger partial charge on any atom is -0.200 e. The second-order valence-corrected chi connectivity index (χ2v) is 8.63. The summed E-state index contributed by atoms with van der Waals surface area (Å²) in [5.41, 5.74) is 5.43. The predicted octanol–water partition coefficient (Wildman–Crippen LogP) is 4.77. The van der Waals surface area contributed by atoms with Gasteiger partial charge in [-0.2, -0.15) is 23.1 Å². The van der Waals surface area contributed by atoms with Crippen molar-refractivity contribution in [2.24, 2.45) is 0 Å². The van der Waals surface area contributed by atoms with Crippen LogP contribution in [0.3, 0.4) is 0 Å². The number of hydrogen-bond acceptors (Lipinski definition) is 3. The van der Waals surface area contributed by atoms with E-state index in [4.69, 9.17) is 0 Å². The Bertz CT molecular complexity index is 1230. The predicted molar refractivity (Wildman–Crippen MR) is 116 cm³/mol. The van der Waals surface area contributed by atoms with Crippen LogP contribution in [0.4, 0.5) is 0 Å². The first-order valence-corrected chi connectivity index (χ1v) is 10.7. The monoisotopic (exact) mass is 403 g/mol. The highest BCUT2D eigenvalue weighted by molar-refractivity contribution is 7.92. The lowest BCUT2D eigenvalue weighted by Gasteiger charge is -2.11. The van der Waals surface area contributed by atoms with Crippen LogP contribution < -0.4 is 4.83 Å². The Morgan fingerprint density at radius 1 is 0.759 bits per heavy atom. The average molecular weight is 404 g/mol. The molecule has 0 saturated carbocycles. The van der Waals surface area contributed by atoms with Crippen molar-refractivity contribution < 1.29 is 8.42 Å². The highest BCUT2D eigenvalue weighted by Crippen LogP contribution is 2.27. The van der Waals surface area contributed by atoms with E-state index in [9.17, 15) is 8.42 Å². The van der Waals surface area contributed by atoms with Crippen LogP contribution >= 0.6 is 0 Å². The molecule has 4 rings (SSSR count). The van der Waals surface area contributed by atoms with E-state index in [1.165, 1.54) is 4.79 Å². The summed E-state index contributed by atoms with van der Waals surface area (Å²) < 4.78 is 25.7. The summed E-state index contributed by atoms with van der Waals surface area (Å²) in [6, 6.07) is 26.0. The Morgan fingerprint density at radius 2 is 1.31 bits per heavy atom. The molecule has 0 saturated heterocycles. The SMILES string of the molecule is Cc1ccc(-c2cc(-c3ccc(C)cc3)n(NS(=O)(=O)c3ccccc3)n2)cc1. The molecule has 29 heavy (non-hydrogen) atoms. The molecule has 0 aliphatic rings. The summed E-state index contributed by atoms with van der Waals surface area (Å²) in [6.07, 6.45) is 0. The summed E-state index contributed by atoms with van der Waals surface area (Å²) >= 11 is 0. The first kappa shape index (κ1) is 19.0. The van der Waals surface area contributed by atoms with Gasteiger partial charge in [-0.25, -0.2) is 0 Å². The molecule has 0 unspecified atom stereocenters. The van der Waals surface area contributed by atoms with Gasteiger partial charge in [-0.3, -0.25) is 0 Å². The van der Waals surface area contributed by atoms with Gasteiger partial charge in [-0.15, -0.1) is 0 Å². The lowest BCUT2D eigenvalue weighted by molar-refractivity contribution is 0.592. The zero-order chi connectivity index (χ0) is 20.4. The van der Waals surface area contributed by atoms with Crippen molar-refractivity contribution in [1.82, 2.24) is 9.89 Å². The molecular formula is C23H21N3O2S. The summed E-state index contributed by atoms with van der Waals surface area (Å²) in [7, 11) is -3.78. The quantitative estimate of drug-likeness (QED) is 0.522. The molecule has 146 valence electrons. The van der Waals surface area contributed by atoms with Gasteiger partial charge in [-0.05, 0) is 32.0 Å². The van der Waals surface area contributed by atoms with Gasteiger partial charge in [0.05, 0.1) is 16.3 Å².